The number of aliphatic carboxylic acids is 1. The molecule has 6 heteroatoms. The first-order chi connectivity index (χ1) is 8.60. The van der Waals surface area contributed by atoms with Crippen LogP contribution in [0.25, 0.3) is 0 Å². The molecular weight excluding hydrogens is 236 g/mol. The minimum absolute atomic E-state index is 0.0381. The highest BCUT2D eigenvalue weighted by Gasteiger charge is 2.26. The third-order valence-electron chi connectivity index (χ3n) is 3.44. The molecule has 2 atom stereocenters. The second kappa shape index (κ2) is 7.20. The summed E-state index contributed by atoms with van der Waals surface area (Å²) in [5.41, 5.74) is 0. The lowest BCUT2D eigenvalue weighted by atomic mass is 10.0. The summed E-state index contributed by atoms with van der Waals surface area (Å²) in [4.78, 5) is 24.4. The van der Waals surface area contributed by atoms with E-state index >= 15 is 0 Å². The first kappa shape index (κ1) is 14.8. The monoisotopic (exact) mass is 258 g/mol. The predicted octanol–water partition coefficient (Wildman–Crippen LogP) is 0.654. The average molecular weight is 258 g/mol. The Morgan fingerprint density at radius 1 is 1.44 bits per heavy atom. The molecule has 18 heavy (non-hydrogen) atoms. The Bertz CT molecular complexity index is 296. The summed E-state index contributed by atoms with van der Waals surface area (Å²) in [7, 11) is 0. The largest absolute Gasteiger partial charge is 0.481 e. The molecule has 1 rings (SSSR count). The summed E-state index contributed by atoms with van der Waals surface area (Å²) in [6.07, 6.45) is 3.24. The number of carboxylic acid groups (broad SMARTS) is 1. The first-order valence-corrected chi connectivity index (χ1v) is 6.48. The third-order valence-corrected chi connectivity index (χ3v) is 3.44. The highest BCUT2D eigenvalue weighted by molar-refractivity contribution is 5.76. The molecule has 1 heterocycles. The Labute approximate surface area is 107 Å². The molecule has 2 amide bonds. The fraction of sp³-hybridized carbons (Fsp3) is 0.833. The van der Waals surface area contributed by atoms with E-state index in [1.807, 2.05) is 0 Å². The van der Waals surface area contributed by atoms with Gasteiger partial charge in [0, 0.05) is 13.1 Å². The molecule has 3 N–H and O–H groups in total. The van der Waals surface area contributed by atoms with Crippen molar-refractivity contribution in [2.24, 2.45) is 5.92 Å². The van der Waals surface area contributed by atoms with Gasteiger partial charge < -0.3 is 20.4 Å². The molecular formula is C12H22N2O4. The van der Waals surface area contributed by atoms with Gasteiger partial charge in [-0.15, -0.1) is 0 Å². The Morgan fingerprint density at radius 2 is 2.17 bits per heavy atom. The molecule has 1 fully saturated rings. The van der Waals surface area contributed by atoms with Crippen LogP contribution in [0.5, 0.6) is 0 Å². The number of aliphatic hydroxyl groups is 1. The van der Waals surface area contributed by atoms with E-state index in [0.29, 0.717) is 13.0 Å². The van der Waals surface area contributed by atoms with Crippen LogP contribution in [-0.2, 0) is 4.79 Å². The molecule has 0 radical (unpaired) electrons. The van der Waals surface area contributed by atoms with Gasteiger partial charge in [0.1, 0.15) is 0 Å². The topological polar surface area (TPSA) is 89.9 Å². The molecule has 6 nitrogen and oxygen atoms in total. The zero-order valence-electron chi connectivity index (χ0n) is 10.8. The van der Waals surface area contributed by atoms with Gasteiger partial charge in [-0.1, -0.05) is 6.92 Å². The van der Waals surface area contributed by atoms with E-state index in [1.54, 1.807) is 11.8 Å². The van der Waals surface area contributed by atoms with Crippen LogP contribution >= 0.6 is 0 Å². The van der Waals surface area contributed by atoms with Crippen LogP contribution in [0.1, 0.15) is 32.6 Å². The van der Waals surface area contributed by atoms with E-state index in [4.69, 9.17) is 5.11 Å². The van der Waals surface area contributed by atoms with Gasteiger partial charge in [-0.25, -0.2) is 4.79 Å². The molecule has 0 spiro atoms. The predicted molar refractivity (Wildman–Crippen MR) is 66.2 cm³/mol. The van der Waals surface area contributed by atoms with Gasteiger partial charge in [0.2, 0.25) is 0 Å². The molecule has 1 aliphatic rings. The molecule has 0 bridgehead atoms. The quantitative estimate of drug-likeness (QED) is 0.675. The summed E-state index contributed by atoms with van der Waals surface area (Å²) in [5.74, 6) is -1.44. The minimum Gasteiger partial charge on any atom is -0.481 e. The molecule has 0 aromatic rings. The number of carbonyl (C=O) groups is 2. The standard InChI is InChI=1S/C12H22N2O4/c1-2-9(11(16)17)7-13-12(18)14-6-4-3-5-10(14)8-15/h9-10,15H,2-8H2,1H3,(H,13,18)(H,16,17). The van der Waals surface area contributed by atoms with Gasteiger partial charge in [0.15, 0.2) is 0 Å². The first-order valence-electron chi connectivity index (χ1n) is 6.48. The number of piperidine rings is 1. The van der Waals surface area contributed by atoms with Crippen molar-refractivity contribution in [3.63, 3.8) is 0 Å². The van der Waals surface area contributed by atoms with E-state index in [1.165, 1.54) is 0 Å². The normalized spacial score (nSPS) is 21.4. The van der Waals surface area contributed by atoms with Crippen LogP contribution in [0.3, 0.4) is 0 Å². The molecule has 0 aromatic carbocycles. The fourth-order valence-corrected chi connectivity index (χ4v) is 2.18. The number of carbonyl (C=O) groups excluding carboxylic acids is 1. The summed E-state index contributed by atoms with van der Waals surface area (Å²) in [6, 6.07) is -0.405. The molecule has 104 valence electrons. The smallest absolute Gasteiger partial charge is 0.317 e. The van der Waals surface area contributed by atoms with E-state index < -0.39 is 11.9 Å². The molecule has 0 aliphatic carbocycles. The maximum atomic E-state index is 11.9. The van der Waals surface area contributed by atoms with Gasteiger partial charge in [0.05, 0.1) is 18.6 Å². The van der Waals surface area contributed by atoms with E-state index in [0.717, 1.165) is 19.3 Å². The van der Waals surface area contributed by atoms with Gasteiger partial charge in [-0.2, -0.15) is 0 Å². The number of hydrogen-bond donors (Lipinski definition) is 3. The van der Waals surface area contributed by atoms with Gasteiger partial charge in [-0.05, 0) is 25.7 Å². The second-order valence-electron chi connectivity index (χ2n) is 4.66. The van der Waals surface area contributed by atoms with Crippen LogP contribution in [-0.4, -0.2) is 52.9 Å². The van der Waals surface area contributed by atoms with E-state index in [2.05, 4.69) is 5.32 Å². The fourth-order valence-electron chi connectivity index (χ4n) is 2.18. The maximum absolute atomic E-state index is 11.9. The maximum Gasteiger partial charge on any atom is 0.317 e. The highest BCUT2D eigenvalue weighted by Crippen LogP contribution is 2.16. The molecule has 2 unspecified atom stereocenters. The summed E-state index contributed by atoms with van der Waals surface area (Å²) >= 11 is 0. The van der Waals surface area contributed by atoms with Crippen LogP contribution < -0.4 is 5.32 Å². The molecule has 1 aliphatic heterocycles. The lowest BCUT2D eigenvalue weighted by Crippen LogP contribution is -2.51. The van der Waals surface area contributed by atoms with Gasteiger partial charge >= 0.3 is 12.0 Å². The average Bonchev–Trinajstić information content (AvgIpc) is 2.38. The van der Waals surface area contributed by atoms with E-state index in [-0.39, 0.29) is 25.2 Å². The number of rotatable bonds is 5. The number of aliphatic hydroxyl groups excluding tert-OH is 1. The number of carboxylic acids is 1. The minimum atomic E-state index is -0.893. The van der Waals surface area contributed by atoms with Crippen molar-refractivity contribution in [1.29, 1.82) is 0 Å². The SMILES string of the molecule is CCC(CNC(=O)N1CCCCC1CO)C(=O)O. The molecule has 0 aromatic heterocycles. The Balaban J connectivity index is 2.45. The number of nitrogens with one attached hydrogen (secondary N) is 1. The van der Waals surface area contributed by atoms with Crippen LogP contribution in [0.2, 0.25) is 0 Å². The zero-order chi connectivity index (χ0) is 13.5. The van der Waals surface area contributed by atoms with Crippen molar-refractivity contribution in [2.75, 3.05) is 19.7 Å². The van der Waals surface area contributed by atoms with Gasteiger partial charge in [-0.3, -0.25) is 4.79 Å². The lowest BCUT2D eigenvalue weighted by Gasteiger charge is -2.34. The van der Waals surface area contributed by atoms with Crippen LogP contribution in [0.4, 0.5) is 4.79 Å². The third kappa shape index (κ3) is 3.87. The second-order valence-corrected chi connectivity index (χ2v) is 4.66. The Kier molecular flexibility index (Phi) is 5.91. The van der Waals surface area contributed by atoms with Crippen molar-refractivity contribution >= 4 is 12.0 Å². The van der Waals surface area contributed by atoms with Crippen molar-refractivity contribution < 1.29 is 19.8 Å². The highest BCUT2D eigenvalue weighted by atomic mass is 16.4. The van der Waals surface area contributed by atoms with E-state index in [9.17, 15) is 14.7 Å². The summed E-state index contributed by atoms with van der Waals surface area (Å²) in [5, 5.41) is 20.7. The van der Waals surface area contributed by atoms with Crippen molar-refractivity contribution in [2.45, 2.75) is 38.6 Å². The van der Waals surface area contributed by atoms with Crippen LogP contribution in [0.15, 0.2) is 0 Å². The number of hydrogen-bond acceptors (Lipinski definition) is 3. The number of likely N-dealkylation sites (tertiary alicyclic amines) is 1. The lowest BCUT2D eigenvalue weighted by molar-refractivity contribution is -0.141. The number of amides is 2. The Hall–Kier alpha value is -1.30. The zero-order valence-corrected chi connectivity index (χ0v) is 10.8. The molecule has 0 saturated carbocycles. The summed E-state index contributed by atoms with van der Waals surface area (Å²) < 4.78 is 0. The van der Waals surface area contributed by atoms with Gasteiger partial charge in [0.25, 0.3) is 0 Å². The summed E-state index contributed by atoms with van der Waals surface area (Å²) in [6.45, 7) is 2.51. The Morgan fingerprint density at radius 3 is 2.72 bits per heavy atom. The van der Waals surface area contributed by atoms with Crippen LogP contribution in [0, 0.1) is 5.92 Å². The number of urea groups is 1. The van der Waals surface area contributed by atoms with Crippen molar-refractivity contribution in [3.05, 3.63) is 0 Å². The van der Waals surface area contributed by atoms with Crippen molar-refractivity contribution in [1.82, 2.24) is 10.2 Å². The molecule has 1 saturated heterocycles. The number of nitrogens with zero attached hydrogens (tertiary/aromatic N) is 1. The van der Waals surface area contributed by atoms with Crippen molar-refractivity contribution in [3.8, 4) is 0 Å².